The molecule has 0 fully saturated rings. The number of anilines is 6. The zero-order chi connectivity index (χ0) is 25.0. The van der Waals surface area contributed by atoms with Gasteiger partial charge in [0.1, 0.15) is 4.90 Å². The molecule has 0 aliphatic carbocycles. The molecule has 0 aliphatic heterocycles. The molecule has 9 nitrogen and oxygen atoms in total. The monoisotopic (exact) mass is 528 g/mol. The van der Waals surface area contributed by atoms with Gasteiger partial charge in [0, 0.05) is 5.69 Å². The smallest absolute Gasteiger partial charge is 0.295 e. The van der Waals surface area contributed by atoms with Crippen LogP contribution >= 0.6 is 23.2 Å². The number of nitrogens with zero attached hydrogens (tertiary/aromatic N) is 3. The molecule has 0 atom stereocenters. The predicted octanol–water partition coefficient (Wildman–Crippen LogP) is 6.30. The lowest BCUT2D eigenvalue weighted by Crippen LogP contribution is -2.08. The van der Waals surface area contributed by atoms with Crippen LogP contribution in [0.15, 0.2) is 78.2 Å². The quantitative estimate of drug-likeness (QED) is 0.194. The number of aromatic nitrogens is 3. The first kappa shape index (κ1) is 24.4. The Morgan fingerprint density at radius 1 is 0.771 bits per heavy atom. The number of rotatable bonds is 8. The number of nitrogens with one attached hydrogen (secondary N) is 3. The van der Waals surface area contributed by atoms with Crippen molar-refractivity contribution in [3.8, 4) is 0 Å². The molecule has 178 valence electrons. The summed E-state index contributed by atoms with van der Waals surface area (Å²) in [6.45, 7) is 3.57. The van der Waals surface area contributed by atoms with Gasteiger partial charge < -0.3 is 16.0 Å². The molecule has 4 aromatic rings. The molecule has 35 heavy (non-hydrogen) atoms. The van der Waals surface area contributed by atoms with Crippen LogP contribution in [0.1, 0.15) is 5.56 Å². The topological polar surface area (TPSA) is 129 Å². The average Bonchev–Trinajstić information content (AvgIpc) is 2.81. The third-order valence-corrected chi connectivity index (χ3v) is 6.21. The number of hydrogen-bond donors (Lipinski definition) is 4. The zero-order valence-corrected chi connectivity index (χ0v) is 20.2. The molecule has 12 heteroatoms. The van der Waals surface area contributed by atoms with E-state index in [4.69, 9.17) is 23.2 Å². The first-order chi connectivity index (χ1) is 16.7. The number of para-hydroxylation sites is 2. The summed E-state index contributed by atoms with van der Waals surface area (Å²) < 4.78 is 33.1. The molecule has 0 unspecified atom stereocenters. The Hall–Kier alpha value is -3.70. The van der Waals surface area contributed by atoms with Gasteiger partial charge >= 0.3 is 0 Å². The van der Waals surface area contributed by atoms with Gasteiger partial charge in [-0.2, -0.15) is 23.4 Å². The molecule has 4 rings (SSSR count). The van der Waals surface area contributed by atoms with Gasteiger partial charge in [-0.25, -0.2) is 0 Å². The van der Waals surface area contributed by atoms with Crippen molar-refractivity contribution >= 4 is 74.3 Å². The van der Waals surface area contributed by atoms with Crippen molar-refractivity contribution < 1.29 is 13.0 Å². The van der Waals surface area contributed by atoms with Crippen molar-refractivity contribution in [1.29, 1.82) is 0 Å². The summed E-state index contributed by atoms with van der Waals surface area (Å²) in [5.41, 5.74) is 1.69. The predicted molar refractivity (Wildman–Crippen MR) is 139 cm³/mol. The molecular weight excluding hydrogens is 511 g/mol. The highest BCUT2D eigenvalue weighted by molar-refractivity contribution is 7.86. The summed E-state index contributed by atoms with van der Waals surface area (Å²) in [5.74, 6) is 0.391. The summed E-state index contributed by atoms with van der Waals surface area (Å²) in [6, 6.07) is 18.5. The van der Waals surface area contributed by atoms with Crippen LogP contribution in [0.25, 0.3) is 6.08 Å². The minimum atomic E-state index is -4.49. The highest BCUT2D eigenvalue weighted by atomic mass is 35.5. The first-order valence-corrected chi connectivity index (χ1v) is 12.2. The minimum Gasteiger partial charge on any atom is -0.324 e. The second kappa shape index (κ2) is 10.3. The number of benzene rings is 3. The van der Waals surface area contributed by atoms with Crippen molar-refractivity contribution in [2.75, 3.05) is 16.0 Å². The van der Waals surface area contributed by atoms with Crippen LogP contribution < -0.4 is 16.0 Å². The third kappa shape index (κ3) is 6.06. The van der Waals surface area contributed by atoms with E-state index in [0.29, 0.717) is 27.1 Å². The zero-order valence-electron chi connectivity index (χ0n) is 17.9. The van der Waals surface area contributed by atoms with Crippen molar-refractivity contribution in [3.63, 3.8) is 0 Å². The van der Waals surface area contributed by atoms with Gasteiger partial charge in [0.2, 0.25) is 17.8 Å². The van der Waals surface area contributed by atoms with E-state index in [1.807, 2.05) is 0 Å². The molecule has 0 saturated heterocycles. The van der Waals surface area contributed by atoms with Crippen molar-refractivity contribution in [3.05, 3.63) is 88.9 Å². The molecular formula is C23H18Cl2N6O3S. The Bertz CT molecular complexity index is 1450. The Balaban J connectivity index is 1.73. The van der Waals surface area contributed by atoms with Crippen molar-refractivity contribution in [2.45, 2.75) is 4.90 Å². The van der Waals surface area contributed by atoms with Gasteiger partial charge in [-0.3, -0.25) is 4.55 Å². The fourth-order valence-corrected chi connectivity index (χ4v) is 4.13. The number of hydrogen-bond acceptors (Lipinski definition) is 8. The maximum atomic E-state index is 11.8. The lowest BCUT2D eigenvalue weighted by Gasteiger charge is -2.13. The van der Waals surface area contributed by atoms with Gasteiger partial charge in [-0.15, -0.1) is 0 Å². The highest BCUT2D eigenvalue weighted by Gasteiger charge is 2.16. The second-order valence-corrected chi connectivity index (χ2v) is 9.28. The van der Waals surface area contributed by atoms with Crippen LogP contribution in [-0.2, 0) is 10.1 Å². The van der Waals surface area contributed by atoms with Crippen LogP contribution in [0.3, 0.4) is 0 Å². The fraction of sp³-hybridized carbons (Fsp3) is 0. The Labute approximate surface area is 211 Å². The van der Waals surface area contributed by atoms with E-state index in [2.05, 4.69) is 37.5 Å². The summed E-state index contributed by atoms with van der Waals surface area (Å²) in [4.78, 5) is 12.8. The summed E-state index contributed by atoms with van der Waals surface area (Å²) >= 11 is 12.5. The van der Waals surface area contributed by atoms with Crippen LogP contribution in [0.5, 0.6) is 0 Å². The molecule has 1 heterocycles. The minimum absolute atomic E-state index is 0.0803. The molecule has 0 saturated carbocycles. The maximum absolute atomic E-state index is 11.8. The molecule has 0 aliphatic rings. The van der Waals surface area contributed by atoms with Gasteiger partial charge in [-0.1, -0.05) is 66.2 Å². The maximum Gasteiger partial charge on any atom is 0.295 e. The normalized spacial score (nSPS) is 11.1. The van der Waals surface area contributed by atoms with E-state index in [-0.39, 0.29) is 28.3 Å². The molecule has 0 spiro atoms. The lowest BCUT2D eigenvalue weighted by atomic mass is 10.2. The van der Waals surface area contributed by atoms with Crippen molar-refractivity contribution in [1.82, 2.24) is 15.0 Å². The molecule has 0 radical (unpaired) electrons. The Morgan fingerprint density at radius 3 is 1.71 bits per heavy atom. The molecule has 0 bridgehead atoms. The largest absolute Gasteiger partial charge is 0.324 e. The number of halogens is 2. The van der Waals surface area contributed by atoms with E-state index in [9.17, 15) is 13.0 Å². The van der Waals surface area contributed by atoms with Gasteiger partial charge in [-0.05, 0) is 42.0 Å². The Kier molecular flexibility index (Phi) is 7.17. The highest BCUT2D eigenvalue weighted by Crippen LogP contribution is 2.28. The summed E-state index contributed by atoms with van der Waals surface area (Å²) in [7, 11) is -4.49. The van der Waals surface area contributed by atoms with Gasteiger partial charge in [0.15, 0.2) is 0 Å². The van der Waals surface area contributed by atoms with Crippen LogP contribution in [0.4, 0.5) is 34.9 Å². The summed E-state index contributed by atoms with van der Waals surface area (Å²) in [5, 5.41) is 9.92. The van der Waals surface area contributed by atoms with E-state index < -0.39 is 10.1 Å². The van der Waals surface area contributed by atoms with Crippen LogP contribution in [0.2, 0.25) is 10.0 Å². The Morgan fingerprint density at radius 2 is 1.26 bits per heavy atom. The first-order valence-electron chi connectivity index (χ1n) is 10.0. The van der Waals surface area contributed by atoms with E-state index >= 15 is 0 Å². The van der Waals surface area contributed by atoms with Gasteiger partial charge in [0.25, 0.3) is 10.1 Å². The van der Waals surface area contributed by atoms with Crippen LogP contribution in [-0.4, -0.2) is 27.9 Å². The third-order valence-electron chi connectivity index (χ3n) is 4.64. The fourth-order valence-electron chi connectivity index (χ4n) is 3.04. The summed E-state index contributed by atoms with van der Waals surface area (Å²) in [6.07, 6.45) is 1.33. The van der Waals surface area contributed by atoms with E-state index in [1.165, 1.54) is 18.2 Å². The lowest BCUT2D eigenvalue weighted by molar-refractivity contribution is 0.483. The van der Waals surface area contributed by atoms with Gasteiger partial charge in [0.05, 0.1) is 21.4 Å². The molecule has 4 N–H and O–H groups in total. The molecule has 1 aromatic heterocycles. The molecule has 3 aromatic carbocycles. The van der Waals surface area contributed by atoms with E-state index in [1.54, 1.807) is 54.6 Å². The molecule has 0 amide bonds. The SMILES string of the molecule is C=Cc1ccc(Nc2nc(Nc3ccccc3Cl)nc(Nc3ccccc3Cl)n2)cc1S(=O)(=O)O. The average molecular weight is 529 g/mol. The van der Waals surface area contributed by atoms with E-state index in [0.717, 1.165) is 0 Å². The van der Waals surface area contributed by atoms with Crippen molar-refractivity contribution in [2.24, 2.45) is 0 Å². The second-order valence-electron chi connectivity index (χ2n) is 7.07. The van der Waals surface area contributed by atoms with Crippen LogP contribution in [0, 0.1) is 0 Å². The standard InChI is InChI=1S/C23H18Cl2N6O3S/c1-2-14-11-12-15(13-20(14)35(32,33)34)26-21-29-22(27-18-9-5-3-7-16(18)24)31-23(30-21)28-19-10-6-4-8-17(19)25/h2-13H,1H2,(H,32,33,34)(H3,26,27,28,29,30,31).